The van der Waals surface area contributed by atoms with Crippen molar-refractivity contribution in [3.05, 3.63) is 95.7 Å². The van der Waals surface area contributed by atoms with E-state index in [0.29, 0.717) is 30.8 Å². The molecule has 196 valence electrons. The Balaban J connectivity index is 1.41. The lowest BCUT2D eigenvalue weighted by atomic mass is 10.00. The van der Waals surface area contributed by atoms with E-state index in [0.717, 1.165) is 33.5 Å². The molecule has 3 aromatic carbocycles. The van der Waals surface area contributed by atoms with E-state index in [1.807, 2.05) is 56.3 Å². The first-order valence-corrected chi connectivity index (χ1v) is 12.7. The molecule has 0 fully saturated rings. The summed E-state index contributed by atoms with van der Waals surface area (Å²) < 4.78 is 7.46. The molecule has 2 N–H and O–H groups in total. The van der Waals surface area contributed by atoms with Crippen LogP contribution in [0, 0.1) is 6.92 Å². The summed E-state index contributed by atoms with van der Waals surface area (Å²) in [6.45, 7) is 5.70. The van der Waals surface area contributed by atoms with E-state index in [1.165, 1.54) is 0 Å². The third kappa shape index (κ3) is 5.94. The van der Waals surface area contributed by atoms with Crippen LogP contribution in [-0.2, 0) is 18.4 Å². The molecule has 1 amide bonds. The molecular weight excluding hydrogens is 478 g/mol. The van der Waals surface area contributed by atoms with Gasteiger partial charge in [0.2, 0.25) is 5.60 Å². The Kier molecular flexibility index (Phi) is 7.96. The van der Waals surface area contributed by atoms with Gasteiger partial charge in [0.05, 0.1) is 5.69 Å². The van der Waals surface area contributed by atoms with Gasteiger partial charge in [-0.1, -0.05) is 80.1 Å². The molecule has 0 bridgehead atoms. The van der Waals surface area contributed by atoms with Gasteiger partial charge in [-0.3, -0.25) is 9.48 Å². The predicted octanol–water partition coefficient (Wildman–Crippen LogP) is 6.01. The van der Waals surface area contributed by atoms with Crippen LogP contribution in [0.2, 0.25) is 0 Å². The zero-order valence-corrected chi connectivity index (χ0v) is 22.2. The lowest BCUT2D eigenvalue weighted by Crippen LogP contribution is -2.41. The molecule has 7 heteroatoms. The first-order chi connectivity index (χ1) is 18.2. The molecule has 0 aliphatic rings. The van der Waals surface area contributed by atoms with E-state index >= 15 is 0 Å². The van der Waals surface area contributed by atoms with Gasteiger partial charge in [-0.15, -0.1) is 0 Å². The Morgan fingerprint density at radius 2 is 1.63 bits per heavy atom. The SMILES string of the molecule is CCCC(C)(Oc1ccc(CNC(=O)c2cc(-c3ccc(-c4ccccc4)cc3)nn2C)cc1C)C(=O)O. The Labute approximate surface area is 223 Å². The Morgan fingerprint density at radius 3 is 2.26 bits per heavy atom. The maximum atomic E-state index is 12.9. The second-order valence-corrected chi connectivity index (χ2v) is 9.65. The van der Waals surface area contributed by atoms with Crippen LogP contribution in [0.25, 0.3) is 22.4 Å². The molecule has 0 aliphatic heterocycles. The van der Waals surface area contributed by atoms with Crippen molar-refractivity contribution in [1.82, 2.24) is 15.1 Å². The molecule has 0 saturated heterocycles. The van der Waals surface area contributed by atoms with Gasteiger partial charge in [-0.25, -0.2) is 4.79 Å². The van der Waals surface area contributed by atoms with Crippen LogP contribution in [0.3, 0.4) is 0 Å². The quantitative estimate of drug-likeness (QED) is 0.272. The highest BCUT2D eigenvalue weighted by molar-refractivity contribution is 5.93. The Bertz CT molecular complexity index is 1430. The van der Waals surface area contributed by atoms with Gasteiger partial charge in [0.15, 0.2) is 0 Å². The van der Waals surface area contributed by atoms with Crippen LogP contribution in [0.4, 0.5) is 0 Å². The summed E-state index contributed by atoms with van der Waals surface area (Å²) >= 11 is 0. The third-order valence-corrected chi connectivity index (χ3v) is 6.61. The summed E-state index contributed by atoms with van der Waals surface area (Å²) in [4.78, 5) is 24.7. The minimum atomic E-state index is -1.28. The Hall–Kier alpha value is -4.39. The molecule has 0 saturated carbocycles. The number of aliphatic carboxylic acids is 1. The number of carboxylic acid groups (broad SMARTS) is 1. The normalized spacial score (nSPS) is 12.5. The summed E-state index contributed by atoms with van der Waals surface area (Å²) in [6.07, 6.45) is 1.10. The molecule has 1 atom stereocenters. The summed E-state index contributed by atoms with van der Waals surface area (Å²) in [7, 11) is 1.75. The molecule has 0 aliphatic carbocycles. The van der Waals surface area contributed by atoms with Gasteiger partial charge in [0.25, 0.3) is 5.91 Å². The summed E-state index contributed by atoms with van der Waals surface area (Å²) in [5.41, 5.74) is 4.79. The molecule has 1 heterocycles. The number of carbonyl (C=O) groups excluding carboxylic acids is 1. The zero-order valence-electron chi connectivity index (χ0n) is 22.2. The number of carbonyl (C=O) groups is 2. The first kappa shape index (κ1) is 26.7. The number of hydrogen-bond acceptors (Lipinski definition) is 4. The first-order valence-electron chi connectivity index (χ1n) is 12.7. The molecule has 1 aromatic heterocycles. The van der Waals surface area contributed by atoms with E-state index in [9.17, 15) is 14.7 Å². The average molecular weight is 512 g/mol. The minimum Gasteiger partial charge on any atom is -0.478 e. The van der Waals surface area contributed by atoms with E-state index < -0.39 is 11.6 Å². The van der Waals surface area contributed by atoms with Gasteiger partial charge >= 0.3 is 5.97 Å². The molecule has 1 unspecified atom stereocenters. The van der Waals surface area contributed by atoms with Crippen LogP contribution in [-0.4, -0.2) is 32.4 Å². The highest BCUT2D eigenvalue weighted by atomic mass is 16.5. The fourth-order valence-corrected chi connectivity index (χ4v) is 4.42. The number of ether oxygens (including phenoxy) is 1. The number of nitrogens with zero attached hydrogens (tertiary/aromatic N) is 2. The van der Waals surface area contributed by atoms with Crippen molar-refractivity contribution in [3.63, 3.8) is 0 Å². The number of aromatic nitrogens is 2. The van der Waals surface area contributed by atoms with Crippen molar-refractivity contribution in [2.24, 2.45) is 7.05 Å². The molecule has 4 aromatic rings. The summed E-state index contributed by atoms with van der Waals surface area (Å²) in [5, 5.41) is 17.1. The molecule has 7 nitrogen and oxygen atoms in total. The summed E-state index contributed by atoms with van der Waals surface area (Å²) in [6, 6.07) is 25.6. The van der Waals surface area contributed by atoms with E-state index in [-0.39, 0.29) is 5.91 Å². The third-order valence-electron chi connectivity index (χ3n) is 6.61. The largest absolute Gasteiger partial charge is 0.478 e. The second kappa shape index (κ2) is 11.3. The number of rotatable bonds is 10. The highest BCUT2D eigenvalue weighted by Crippen LogP contribution is 2.28. The van der Waals surface area contributed by atoms with Gasteiger partial charge in [-0.2, -0.15) is 5.10 Å². The number of benzene rings is 3. The van der Waals surface area contributed by atoms with Gasteiger partial charge < -0.3 is 15.2 Å². The number of aryl methyl sites for hydroxylation is 2. The van der Waals surface area contributed by atoms with E-state index in [2.05, 4.69) is 34.7 Å². The smallest absolute Gasteiger partial charge is 0.347 e. The van der Waals surface area contributed by atoms with Crippen LogP contribution in [0.1, 0.15) is 48.3 Å². The maximum Gasteiger partial charge on any atom is 0.347 e. The molecule has 0 radical (unpaired) electrons. The monoisotopic (exact) mass is 511 g/mol. The average Bonchev–Trinajstić information content (AvgIpc) is 3.31. The van der Waals surface area contributed by atoms with Crippen molar-refractivity contribution in [2.75, 3.05) is 0 Å². The topological polar surface area (TPSA) is 93.5 Å². The van der Waals surface area contributed by atoms with Gasteiger partial charge in [-0.05, 0) is 54.7 Å². The highest BCUT2D eigenvalue weighted by Gasteiger charge is 2.35. The number of carboxylic acids is 1. The predicted molar refractivity (Wildman–Crippen MR) is 148 cm³/mol. The summed E-state index contributed by atoms with van der Waals surface area (Å²) in [5.74, 6) is -0.697. The van der Waals surface area contributed by atoms with E-state index in [1.54, 1.807) is 30.8 Å². The molecule has 38 heavy (non-hydrogen) atoms. The lowest BCUT2D eigenvalue weighted by molar-refractivity contribution is -0.154. The number of amides is 1. The van der Waals surface area contributed by atoms with Crippen LogP contribution >= 0.6 is 0 Å². The van der Waals surface area contributed by atoms with Crippen LogP contribution in [0.5, 0.6) is 5.75 Å². The molecule has 4 rings (SSSR count). The molecule has 0 spiro atoms. The number of hydrogen-bond donors (Lipinski definition) is 2. The van der Waals surface area contributed by atoms with Crippen molar-refractivity contribution in [1.29, 1.82) is 0 Å². The zero-order chi connectivity index (χ0) is 27.3. The van der Waals surface area contributed by atoms with E-state index in [4.69, 9.17) is 4.74 Å². The lowest BCUT2D eigenvalue weighted by Gasteiger charge is -2.27. The fraction of sp³-hybridized carbons (Fsp3) is 0.258. The van der Waals surface area contributed by atoms with Crippen LogP contribution in [0.15, 0.2) is 78.9 Å². The van der Waals surface area contributed by atoms with Gasteiger partial charge in [0, 0.05) is 19.2 Å². The Morgan fingerprint density at radius 1 is 0.974 bits per heavy atom. The van der Waals surface area contributed by atoms with Crippen molar-refractivity contribution in [2.45, 2.75) is 45.8 Å². The van der Waals surface area contributed by atoms with Crippen molar-refractivity contribution in [3.8, 4) is 28.1 Å². The minimum absolute atomic E-state index is 0.230. The van der Waals surface area contributed by atoms with Crippen LogP contribution < -0.4 is 10.1 Å². The molecular formula is C31H33N3O4. The number of nitrogens with one attached hydrogen (secondary N) is 1. The van der Waals surface area contributed by atoms with Gasteiger partial charge in [0.1, 0.15) is 11.4 Å². The standard InChI is InChI=1S/C31H33N3O4/c1-5-17-31(3,30(36)37)38-28-16-11-22(18-21(28)2)20-32-29(35)27-19-26(33-34(27)4)25-14-12-24(13-15-25)23-9-7-6-8-10-23/h6-16,18-19H,5,17,20H2,1-4H3,(H,32,35)(H,36,37). The van der Waals surface area contributed by atoms with Crippen molar-refractivity contribution >= 4 is 11.9 Å². The maximum absolute atomic E-state index is 12.9. The van der Waals surface area contributed by atoms with Crippen molar-refractivity contribution < 1.29 is 19.4 Å². The second-order valence-electron chi connectivity index (χ2n) is 9.65. The fourth-order valence-electron chi connectivity index (χ4n) is 4.42.